The standard InChI is InChI=1S/C27H29BrO4/c1-20-24(30-18-22-13-7-3-8-14-22)25(31-19-23-15-9-4-10-16-23)27(29,26(28)32-20)17-21-11-5-2-6-12-21/h2-16,20,24-26,29H,17-19H2,1H3/t20-,24+,25+,26+,27-/m1/s1. The third-order valence-electron chi connectivity index (χ3n) is 5.87. The van der Waals surface area contributed by atoms with Gasteiger partial charge in [-0.15, -0.1) is 0 Å². The van der Waals surface area contributed by atoms with Gasteiger partial charge in [-0.2, -0.15) is 0 Å². The van der Waals surface area contributed by atoms with Gasteiger partial charge in [-0.25, -0.2) is 0 Å². The molecular weight excluding hydrogens is 468 g/mol. The van der Waals surface area contributed by atoms with Crippen LogP contribution in [0.15, 0.2) is 91.0 Å². The first-order valence-corrected chi connectivity index (χ1v) is 11.8. The van der Waals surface area contributed by atoms with Crippen LogP contribution in [-0.2, 0) is 33.8 Å². The lowest BCUT2D eigenvalue weighted by atomic mass is 9.83. The maximum absolute atomic E-state index is 11.9. The van der Waals surface area contributed by atoms with Crippen LogP contribution in [0.4, 0.5) is 0 Å². The summed E-state index contributed by atoms with van der Waals surface area (Å²) in [6, 6.07) is 29.9. The van der Waals surface area contributed by atoms with E-state index in [2.05, 4.69) is 15.9 Å². The van der Waals surface area contributed by atoms with Crippen molar-refractivity contribution in [2.75, 3.05) is 0 Å². The summed E-state index contributed by atoms with van der Waals surface area (Å²) < 4.78 is 18.9. The second-order valence-corrected chi connectivity index (χ2v) is 9.12. The molecule has 5 atom stereocenters. The number of hydrogen-bond acceptors (Lipinski definition) is 4. The Bertz CT molecular complexity index is 953. The van der Waals surface area contributed by atoms with E-state index in [9.17, 15) is 5.11 Å². The molecule has 168 valence electrons. The SMILES string of the molecule is C[C@H]1O[C@H](Br)[C@@](O)(Cc2ccccc2)[C@@H](OCc2ccccc2)[C@H]1OCc1ccccc1. The Morgan fingerprint density at radius 2 is 1.25 bits per heavy atom. The molecule has 1 aliphatic rings. The smallest absolute Gasteiger partial charge is 0.144 e. The van der Waals surface area contributed by atoms with E-state index in [4.69, 9.17) is 14.2 Å². The van der Waals surface area contributed by atoms with Crippen LogP contribution in [-0.4, -0.2) is 34.0 Å². The Kier molecular flexibility index (Phi) is 7.76. The number of halogens is 1. The number of hydrogen-bond donors (Lipinski definition) is 1. The molecule has 4 nitrogen and oxygen atoms in total. The third kappa shape index (κ3) is 5.48. The predicted molar refractivity (Wildman–Crippen MR) is 128 cm³/mol. The van der Waals surface area contributed by atoms with E-state index in [1.165, 1.54) is 0 Å². The fourth-order valence-electron chi connectivity index (χ4n) is 4.14. The molecule has 0 unspecified atom stereocenters. The zero-order valence-corrected chi connectivity index (χ0v) is 19.7. The van der Waals surface area contributed by atoms with E-state index in [1.54, 1.807) is 0 Å². The Morgan fingerprint density at radius 1 is 0.781 bits per heavy atom. The molecule has 5 heteroatoms. The summed E-state index contributed by atoms with van der Waals surface area (Å²) in [6.07, 6.45) is -0.928. The first kappa shape index (κ1) is 23.1. The Hall–Kier alpha value is -2.02. The van der Waals surface area contributed by atoms with Gasteiger partial charge in [0.05, 0.1) is 19.3 Å². The fourth-order valence-corrected chi connectivity index (χ4v) is 4.90. The molecule has 0 amide bonds. The van der Waals surface area contributed by atoms with Gasteiger partial charge in [-0.1, -0.05) is 107 Å². The Balaban J connectivity index is 1.60. The summed E-state index contributed by atoms with van der Waals surface area (Å²) in [6.45, 7) is 2.75. The molecule has 0 aromatic heterocycles. The van der Waals surface area contributed by atoms with Gasteiger partial charge in [0.2, 0.25) is 0 Å². The number of rotatable bonds is 8. The van der Waals surface area contributed by atoms with E-state index in [0.29, 0.717) is 19.6 Å². The number of alkyl halides is 1. The van der Waals surface area contributed by atoms with Crippen molar-refractivity contribution < 1.29 is 19.3 Å². The minimum atomic E-state index is -1.32. The van der Waals surface area contributed by atoms with Crippen LogP contribution in [0.1, 0.15) is 23.6 Å². The van der Waals surface area contributed by atoms with Crippen LogP contribution >= 0.6 is 15.9 Å². The van der Waals surface area contributed by atoms with Crippen LogP contribution in [0, 0.1) is 0 Å². The molecule has 1 N–H and O–H groups in total. The van der Waals surface area contributed by atoms with Crippen molar-refractivity contribution in [3.05, 3.63) is 108 Å². The molecule has 3 aromatic carbocycles. The third-order valence-corrected chi connectivity index (χ3v) is 6.88. The number of aliphatic hydroxyl groups is 1. The average Bonchev–Trinajstić information content (AvgIpc) is 2.82. The molecule has 1 saturated heterocycles. The first-order valence-electron chi connectivity index (χ1n) is 10.9. The normalized spacial score (nSPS) is 27.8. The highest BCUT2D eigenvalue weighted by Gasteiger charge is 2.55. The van der Waals surface area contributed by atoms with Gasteiger partial charge in [0.1, 0.15) is 22.8 Å². The Morgan fingerprint density at radius 3 is 1.78 bits per heavy atom. The second-order valence-electron chi connectivity index (χ2n) is 8.29. The lowest BCUT2D eigenvalue weighted by Gasteiger charge is -2.49. The highest BCUT2D eigenvalue weighted by Crippen LogP contribution is 2.39. The second kappa shape index (κ2) is 10.7. The molecule has 1 fully saturated rings. The molecule has 0 saturated carbocycles. The molecule has 1 heterocycles. The van der Waals surface area contributed by atoms with Crippen molar-refractivity contribution in [1.82, 2.24) is 0 Å². The monoisotopic (exact) mass is 496 g/mol. The molecule has 3 aromatic rings. The largest absolute Gasteiger partial charge is 0.383 e. The minimum absolute atomic E-state index is 0.264. The first-order chi connectivity index (χ1) is 15.6. The van der Waals surface area contributed by atoms with Crippen molar-refractivity contribution in [3.8, 4) is 0 Å². The minimum Gasteiger partial charge on any atom is -0.383 e. The Labute approximate surface area is 198 Å². The molecule has 0 radical (unpaired) electrons. The highest BCUT2D eigenvalue weighted by atomic mass is 79.9. The van der Waals surface area contributed by atoms with Crippen LogP contribution in [0.2, 0.25) is 0 Å². The van der Waals surface area contributed by atoms with Gasteiger partial charge in [-0.05, 0) is 23.6 Å². The van der Waals surface area contributed by atoms with Crippen molar-refractivity contribution in [1.29, 1.82) is 0 Å². The molecule has 0 spiro atoms. The van der Waals surface area contributed by atoms with E-state index in [0.717, 1.165) is 16.7 Å². The topological polar surface area (TPSA) is 47.9 Å². The van der Waals surface area contributed by atoms with Crippen LogP contribution in [0.25, 0.3) is 0 Å². The number of benzene rings is 3. The zero-order valence-electron chi connectivity index (χ0n) is 18.1. The van der Waals surface area contributed by atoms with E-state index in [-0.39, 0.29) is 6.10 Å². The van der Waals surface area contributed by atoms with Crippen molar-refractivity contribution >= 4 is 15.9 Å². The van der Waals surface area contributed by atoms with Crippen LogP contribution in [0.3, 0.4) is 0 Å². The lowest BCUT2D eigenvalue weighted by Crippen LogP contribution is -2.66. The van der Waals surface area contributed by atoms with Crippen molar-refractivity contribution in [2.24, 2.45) is 0 Å². The highest BCUT2D eigenvalue weighted by molar-refractivity contribution is 9.09. The van der Waals surface area contributed by atoms with Gasteiger partial charge >= 0.3 is 0 Å². The number of ether oxygens (including phenoxy) is 3. The maximum Gasteiger partial charge on any atom is 0.144 e. The van der Waals surface area contributed by atoms with E-state index in [1.807, 2.05) is 97.9 Å². The van der Waals surface area contributed by atoms with Gasteiger partial charge < -0.3 is 19.3 Å². The molecule has 0 bridgehead atoms. The molecule has 32 heavy (non-hydrogen) atoms. The van der Waals surface area contributed by atoms with E-state index >= 15 is 0 Å². The molecule has 4 rings (SSSR count). The van der Waals surface area contributed by atoms with E-state index < -0.39 is 22.8 Å². The van der Waals surface area contributed by atoms with Gasteiger partial charge in [0.15, 0.2) is 0 Å². The van der Waals surface area contributed by atoms with Gasteiger partial charge in [0.25, 0.3) is 0 Å². The lowest BCUT2D eigenvalue weighted by molar-refractivity contribution is -0.268. The summed E-state index contributed by atoms with van der Waals surface area (Å²) in [4.78, 5) is 0. The predicted octanol–water partition coefficient (Wildman–Crippen LogP) is 5.27. The summed E-state index contributed by atoms with van der Waals surface area (Å²) in [5, 5.41) is 11.3. The summed E-state index contributed by atoms with van der Waals surface area (Å²) in [5.74, 6) is 0. The van der Waals surface area contributed by atoms with Crippen LogP contribution in [0.5, 0.6) is 0 Å². The summed E-state index contributed by atoms with van der Waals surface area (Å²) in [5.41, 5.74) is 1.80. The summed E-state index contributed by atoms with van der Waals surface area (Å²) in [7, 11) is 0. The zero-order chi connectivity index (χ0) is 22.4. The molecular formula is C27H29BrO4. The maximum atomic E-state index is 11.9. The molecule has 0 aliphatic carbocycles. The summed E-state index contributed by atoms with van der Waals surface area (Å²) >= 11 is 3.59. The van der Waals surface area contributed by atoms with Crippen LogP contribution < -0.4 is 0 Å². The average molecular weight is 497 g/mol. The molecule has 1 aliphatic heterocycles. The quantitative estimate of drug-likeness (QED) is 0.431. The van der Waals surface area contributed by atoms with Crippen molar-refractivity contribution in [3.63, 3.8) is 0 Å². The fraction of sp³-hybridized carbons (Fsp3) is 0.333. The van der Waals surface area contributed by atoms with Gasteiger partial charge in [0, 0.05) is 6.42 Å². The van der Waals surface area contributed by atoms with Crippen molar-refractivity contribution in [2.45, 2.75) is 55.5 Å². The van der Waals surface area contributed by atoms with Gasteiger partial charge in [-0.3, -0.25) is 0 Å².